The van der Waals surface area contributed by atoms with Crippen LogP contribution in [0.5, 0.6) is 0 Å². The molecule has 0 radical (unpaired) electrons. The van der Waals surface area contributed by atoms with Gasteiger partial charge in [0.05, 0.1) is 12.4 Å². The highest BCUT2D eigenvalue weighted by Gasteiger charge is 2.56. The van der Waals surface area contributed by atoms with Crippen molar-refractivity contribution in [3.8, 4) is 0 Å². The second kappa shape index (κ2) is 5.78. The van der Waals surface area contributed by atoms with Gasteiger partial charge < -0.3 is 4.74 Å². The molecule has 0 aliphatic heterocycles. The highest BCUT2D eigenvalue weighted by Crippen LogP contribution is 2.65. The fourth-order valence-electron chi connectivity index (χ4n) is 6.92. The van der Waals surface area contributed by atoms with Crippen molar-refractivity contribution in [1.29, 1.82) is 0 Å². The molecule has 5 atom stereocenters. The maximum Gasteiger partial charge on any atom is 0.0962 e. The Morgan fingerprint density at radius 3 is 2.67 bits per heavy atom. The van der Waals surface area contributed by atoms with Gasteiger partial charge in [-0.05, 0) is 92.6 Å². The van der Waals surface area contributed by atoms with Gasteiger partial charge >= 0.3 is 0 Å². The lowest BCUT2D eigenvalue weighted by Gasteiger charge is -2.56. The number of ether oxygens (including phenoxy) is 1. The van der Waals surface area contributed by atoms with Crippen LogP contribution in [0.25, 0.3) is 0 Å². The first-order valence-corrected chi connectivity index (χ1v) is 10.2. The fraction of sp³-hybridized carbons (Fsp3) is 0.739. The van der Waals surface area contributed by atoms with Crippen molar-refractivity contribution in [2.75, 3.05) is 6.61 Å². The largest absolute Gasteiger partial charge is 0.498 e. The molecule has 4 rings (SSSR count). The van der Waals surface area contributed by atoms with Gasteiger partial charge in [-0.1, -0.05) is 31.6 Å². The molecule has 4 aliphatic carbocycles. The van der Waals surface area contributed by atoms with E-state index in [9.17, 15) is 0 Å². The van der Waals surface area contributed by atoms with Crippen molar-refractivity contribution in [3.63, 3.8) is 0 Å². The number of rotatable bonds is 2. The zero-order valence-corrected chi connectivity index (χ0v) is 16.0. The second-order valence-corrected chi connectivity index (χ2v) is 9.04. The summed E-state index contributed by atoms with van der Waals surface area (Å²) in [5, 5.41) is 0. The van der Waals surface area contributed by atoms with Crippen LogP contribution in [0.1, 0.15) is 72.6 Å². The second-order valence-electron chi connectivity index (χ2n) is 9.04. The summed E-state index contributed by atoms with van der Waals surface area (Å²) < 4.78 is 5.84. The summed E-state index contributed by atoms with van der Waals surface area (Å²) >= 11 is 0. The van der Waals surface area contributed by atoms with Gasteiger partial charge in [0.1, 0.15) is 0 Å². The maximum atomic E-state index is 5.84. The van der Waals surface area contributed by atoms with E-state index >= 15 is 0 Å². The summed E-state index contributed by atoms with van der Waals surface area (Å²) in [5.41, 5.74) is 4.24. The van der Waals surface area contributed by atoms with Gasteiger partial charge in [-0.3, -0.25) is 0 Å². The third-order valence-corrected chi connectivity index (χ3v) is 8.26. The molecule has 0 saturated heterocycles. The Labute approximate surface area is 148 Å². The van der Waals surface area contributed by atoms with Gasteiger partial charge in [0, 0.05) is 6.42 Å². The quantitative estimate of drug-likeness (QED) is 0.532. The third-order valence-electron chi connectivity index (χ3n) is 8.26. The summed E-state index contributed by atoms with van der Waals surface area (Å²) in [5.74, 6) is 3.91. The molecule has 4 aliphatic rings. The van der Waals surface area contributed by atoms with Gasteiger partial charge in [-0.25, -0.2) is 0 Å². The molecule has 1 heteroatoms. The molecule has 0 heterocycles. The SMILES string of the molecule is C/C=C1/CCC2C3CC=C4C=C(OCC)CCC4(C)C3CC[C@]12C. The van der Waals surface area contributed by atoms with E-state index in [4.69, 9.17) is 4.74 Å². The summed E-state index contributed by atoms with van der Waals surface area (Å²) in [6, 6.07) is 0. The Morgan fingerprint density at radius 1 is 1.12 bits per heavy atom. The smallest absolute Gasteiger partial charge is 0.0962 e. The van der Waals surface area contributed by atoms with Crippen molar-refractivity contribution < 1.29 is 4.74 Å². The van der Waals surface area contributed by atoms with Gasteiger partial charge in [0.15, 0.2) is 0 Å². The number of allylic oxidation sites excluding steroid dienone is 6. The molecular weight excluding hydrogens is 292 g/mol. The molecule has 0 amide bonds. The first kappa shape index (κ1) is 16.5. The van der Waals surface area contributed by atoms with Crippen molar-refractivity contribution in [1.82, 2.24) is 0 Å². The first-order valence-electron chi connectivity index (χ1n) is 10.2. The molecule has 2 fully saturated rings. The highest BCUT2D eigenvalue weighted by atomic mass is 16.5. The van der Waals surface area contributed by atoms with Gasteiger partial charge in [0.2, 0.25) is 0 Å². The van der Waals surface area contributed by atoms with Crippen LogP contribution < -0.4 is 0 Å². The molecule has 4 unspecified atom stereocenters. The predicted octanol–water partition coefficient (Wildman–Crippen LogP) is 6.43. The lowest BCUT2D eigenvalue weighted by atomic mass is 9.48. The molecule has 132 valence electrons. The monoisotopic (exact) mass is 326 g/mol. The van der Waals surface area contributed by atoms with Crippen LogP contribution in [0.15, 0.2) is 35.1 Å². The zero-order chi connectivity index (χ0) is 16.9. The summed E-state index contributed by atoms with van der Waals surface area (Å²) in [6.45, 7) is 10.3. The first-order chi connectivity index (χ1) is 11.5. The van der Waals surface area contributed by atoms with Crippen LogP contribution in [0.2, 0.25) is 0 Å². The predicted molar refractivity (Wildman–Crippen MR) is 101 cm³/mol. The van der Waals surface area contributed by atoms with E-state index in [-0.39, 0.29) is 0 Å². The lowest BCUT2D eigenvalue weighted by Crippen LogP contribution is -2.48. The zero-order valence-electron chi connectivity index (χ0n) is 16.0. The van der Waals surface area contributed by atoms with Crippen molar-refractivity contribution in [2.45, 2.75) is 72.6 Å². The Morgan fingerprint density at radius 2 is 1.92 bits per heavy atom. The van der Waals surface area contributed by atoms with E-state index < -0.39 is 0 Å². The Bertz CT molecular complexity index is 610. The van der Waals surface area contributed by atoms with Crippen molar-refractivity contribution in [3.05, 3.63) is 35.1 Å². The summed E-state index contributed by atoms with van der Waals surface area (Å²) in [6.07, 6.45) is 16.7. The summed E-state index contributed by atoms with van der Waals surface area (Å²) in [4.78, 5) is 0. The number of hydrogen-bond donors (Lipinski definition) is 0. The summed E-state index contributed by atoms with van der Waals surface area (Å²) in [7, 11) is 0. The fourth-order valence-corrected chi connectivity index (χ4v) is 6.92. The molecule has 1 nitrogen and oxygen atoms in total. The van der Waals surface area contributed by atoms with E-state index in [0.717, 1.165) is 30.8 Å². The average molecular weight is 327 g/mol. The van der Waals surface area contributed by atoms with Crippen LogP contribution in [-0.4, -0.2) is 6.61 Å². The molecule has 0 aromatic heterocycles. The van der Waals surface area contributed by atoms with Crippen molar-refractivity contribution in [2.24, 2.45) is 28.6 Å². The van der Waals surface area contributed by atoms with Crippen LogP contribution in [0.4, 0.5) is 0 Å². The molecule has 24 heavy (non-hydrogen) atoms. The van der Waals surface area contributed by atoms with E-state index in [1.165, 1.54) is 44.3 Å². The topological polar surface area (TPSA) is 9.23 Å². The maximum absolute atomic E-state index is 5.84. The van der Waals surface area contributed by atoms with Crippen LogP contribution in [0, 0.1) is 28.6 Å². The standard InChI is InChI=1S/C23H34O/c1-5-16-8-10-20-19-9-7-17-15-18(24-6-2)11-13-23(17,4)21(19)12-14-22(16,20)3/h5,7,15,19-21H,6,8-14H2,1-4H3/b16-5-/t19?,20?,21?,22-,23?/m1/s1. The molecule has 2 saturated carbocycles. The minimum Gasteiger partial charge on any atom is -0.498 e. The third kappa shape index (κ3) is 2.19. The van der Waals surface area contributed by atoms with Gasteiger partial charge in [-0.2, -0.15) is 0 Å². The number of hydrogen-bond acceptors (Lipinski definition) is 1. The molecular formula is C23H34O. The van der Waals surface area contributed by atoms with E-state index in [2.05, 4.69) is 45.9 Å². The molecule has 0 aromatic rings. The van der Waals surface area contributed by atoms with Crippen LogP contribution in [0.3, 0.4) is 0 Å². The minimum atomic E-state index is 0.392. The highest BCUT2D eigenvalue weighted by molar-refractivity contribution is 5.36. The normalized spacial score (nSPS) is 45.8. The molecule has 0 bridgehead atoms. The molecule has 0 N–H and O–H groups in total. The van der Waals surface area contributed by atoms with Crippen molar-refractivity contribution >= 4 is 0 Å². The van der Waals surface area contributed by atoms with E-state index in [0.29, 0.717) is 10.8 Å². The number of fused-ring (bicyclic) bond motifs is 5. The van der Waals surface area contributed by atoms with E-state index in [1.807, 2.05) is 0 Å². The molecule has 0 spiro atoms. The Balaban J connectivity index is 1.66. The van der Waals surface area contributed by atoms with Crippen LogP contribution >= 0.6 is 0 Å². The average Bonchev–Trinajstić information content (AvgIpc) is 2.92. The van der Waals surface area contributed by atoms with Crippen LogP contribution in [-0.2, 0) is 4.74 Å². The minimum absolute atomic E-state index is 0.392. The van der Waals surface area contributed by atoms with Gasteiger partial charge in [0.25, 0.3) is 0 Å². The van der Waals surface area contributed by atoms with Gasteiger partial charge in [-0.15, -0.1) is 0 Å². The Kier molecular flexibility index (Phi) is 3.97. The Hall–Kier alpha value is -0.980. The lowest BCUT2D eigenvalue weighted by molar-refractivity contribution is -0.00881. The molecule has 0 aromatic carbocycles. The van der Waals surface area contributed by atoms with E-state index in [1.54, 1.807) is 11.1 Å².